The Hall–Kier alpha value is -2.18. The van der Waals surface area contributed by atoms with E-state index in [1.54, 1.807) is 6.08 Å². The van der Waals surface area contributed by atoms with Gasteiger partial charge in [0.05, 0.1) is 11.8 Å². The molecule has 1 aliphatic heterocycles. The fourth-order valence-electron chi connectivity index (χ4n) is 3.02. The Morgan fingerprint density at radius 3 is 2.37 bits per heavy atom. The standard InChI is InChI=1S/C21H24N2O2S2/c1-16(2)18-8-10-19(11-9-18)22-21(26)23(14-17-6-4-3-5-7-17)20-12-13-27(24,25)15-20/h3-13,16,20H,14-15H2,1-2H3,(H,22,26)/t20-/m0/s1. The van der Waals surface area contributed by atoms with Crippen molar-refractivity contribution in [3.05, 3.63) is 77.2 Å². The van der Waals surface area contributed by atoms with Gasteiger partial charge in [-0.3, -0.25) is 0 Å². The number of rotatable bonds is 5. The van der Waals surface area contributed by atoms with Crippen molar-refractivity contribution >= 4 is 32.9 Å². The van der Waals surface area contributed by atoms with Gasteiger partial charge in [-0.15, -0.1) is 0 Å². The third-order valence-corrected chi connectivity index (χ3v) is 6.31. The maximum atomic E-state index is 11.9. The zero-order chi connectivity index (χ0) is 19.4. The molecule has 0 fully saturated rings. The van der Waals surface area contributed by atoms with E-state index in [-0.39, 0.29) is 11.8 Å². The van der Waals surface area contributed by atoms with Gasteiger partial charge in [-0.1, -0.05) is 56.3 Å². The van der Waals surface area contributed by atoms with Crippen LogP contribution in [0.15, 0.2) is 66.1 Å². The van der Waals surface area contributed by atoms with Crippen LogP contribution in [0.5, 0.6) is 0 Å². The highest BCUT2D eigenvalue weighted by atomic mass is 32.2. The molecule has 0 unspecified atom stereocenters. The Kier molecular flexibility index (Phi) is 5.97. The molecule has 3 rings (SSSR count). The minimum atomic E-state index is -3.16. The van der Waals surface area contributed by atoms with Crippen LogP contribution in [0.4, 0.5) is 5.69 Å². The van der Waals surface area contributed by atoms with Gasteiger partial charge in [0.25, 0.3) is 0 Å². The van der Waals surface area contributed by atoms with E-state index < -0.39 is 9.84 Å². The molecule has 2 aromatic rings. The number of sulfone groups is 1. The lowest BCUT2D eigenvalue weighted by atomic mass is 10.0. The van der Waals surface area contributed by atoms with Crippen LogP contribution < -0.4 is 5.32 Å². The number of nitrogens with zero attached hydrogens (tertiary/aromatic N) is 1. The molecular formula is C21H24N2O2S2. The predicted molar refractivity (Wildman–Crippen MR) is 115 cm³/mol. The molecule has 0 spiro atoms. The van der Waals surface area contributed by atoms with E-state index in [9.17, 15) is 8.42 Å². The molecular weight excluding hydrogens is 376 g/mol. The lowest BCUT2D eigenvalue weighted by Gasteiger charge is -2.30. The average Bonchev–Trinajstić information content (AvgIpc) is 3.00. The molecule has 4 nitrogen and oxygen atoms in total. The molecule has 0 saturated carbocycles. The van der Waals surface area contributed by atoms with Crippen molar-refractivity contribution in [1.82, 2.24) is 4.90 Å². The van der Waals surface area contributed by atoms with Gasteiger partial charge >= 0.3 is 0 Å². The first-order chi connectivity index (χ1) is 12.8. The van der Waals surface area contributed by atoms with Gasteiger partial charge in [0.15, 0.2) is 14.9 Å². The molecule has 1 heterocycles. The molecule has 0 amide bonds. The van der Waals surface area contributed by atoms with Crippen LogP contribution in [-0.2, 0) is 16.4 Å². The van der Waals surface area contributed by atoms with Crippen LogP contribution in [0.25, 0.3) is 0 Å². The Balaban J connectivity index is 1.79. The zero-order valence-electron chi connectivity index (χ0n) is 15.5. The number of anilines is 1. The Morgan fingerprint density at radius 2 is 1.81 bits per heavy atom. The Morgan fingerprint density at radius 1 is 1.15 bits per heavy atom. The summed E-state index contributed by atoms with van der Waals surface area (Å²) >= 11 is 5.64. The van der Waals surface area contributed by atoms with Crippen molar-refractivity contribution in [2.24, 2.45) is 0 Å². The van der Waals surface area contributed by atoms with E-state index in [4.69, 9.17) is 12.2 Å². The van der Waals surface area contributed by atoms with Gasteiger partial charge < -0.3 is 10.2 Å². The van der Waals surface area contributed by atoms with Gasteiger partial charge in [-0.2, -0.15) is 0 Å². The largest absolute Gasteiger partial charge is 0.337 e. The lowest BCUT2D eigenvalue weighted by molar-refractivity contribution is 0.380. The Bertz CT molecular complexity index is 920. The smallest absolute Gasteiger partial charge is 0.174 e. The summed E-state index contributed by atoms with van der Waals surface area (Å²) < 4.78 is 23.8. The van der Waals surface area contributed by atoms with E-state index in [1.807, 2.05) is 47.4 Å². The third-order valence-electron chi connectivity index (χ3n) is 4.60. The zero-order valence-corrected chi connectivity index (χ0v) is 17.1. The van der Waals surface area contributed by atoms with Crippen LogP contribution in [0.2, 0.25) is 0 Å². The van der Waals surface area contributed by atoms with Crippen molar-refractivity contribution in [3.63, 3.8) is 0 Å². The first-order valence-corrected chi connectivity index (χ1v) is 11.1. The van der Waals surface area contributed by atoms with Crippen molar-refractivity contribution in [3.8, 4) is 0 Å². The van der Waals surface area contributed by atoms with E-state index in [2.05, 4.69) is 31.3 Å². The summed E-state index contributed by atoms with van der Waals surface area (Å²) in [5, 5.41) is 5.07. The third kappa shape index (κ3) is 5.17. The predicted octanol–water partition coefficient (Wildman–Crippen LogP) is 4.32. The molecule has 0 radical (unpaired) electrons. The molecule has 6 heteroatoms. The van der Waals surface area contributed by atoms with E-state index in [0.29, 0.717) is 17.6 Å². The topological polar surface area (TPSA) is 49.4 Å². The minimum absolute atomic E-state index is 0.0495. The van der Waals surface area contributed by atoms with Crippen LogP contribution >= 0.6 is 12.2 Å². The van der Waals surface area contributed by atoms with E-state index >= 15 is 0 Å². The van der Waals surface area contributed by atoms with Gasteiger partial charge in [-0.25, -0.2) is 8.42 Å². The van der Waals surface area contributed by atoms with Gasteiger partial charge in [-0.05, 0) is 47.5 Å². The van der Waals surface area contributed by atoms with Crippen LogP contribution in [0.3, 0.4) is 0 Å². The van der Waals surface area contributed by atoms with Crippen LogP contribution in [-0.4, -0.2) is 30.2 Å². The summed E-state index contributed by atoms with van der Waals surface area (Å²) in [5.74, 6) is 0.517. The molecule has 142 valence electrons. The van der Waals surface area contributed by atoms with Crippen LogP contribution in [0, 0.1) is 0 Å². The lowest BCUT2D eigenvalue weighted by Crippen LogP contribution is -2.42. The molecule has 27 heavy (non-hydrogen) atoms. The normalized spacial score (nSPS) is 17.8. The number of hydrogen-bond donors (Lipinski definition) is 1. The maximum absolute atomic E-state index is 11.9. The molecule has 1 atom stereocenters. The quantitative estimate of drug-likeness (QED) is 0.758. The second-order valence-corrected chi connectivity index (χ2v) is 9.36. The van der Waals surface area contributed by atoms with Gasteiger partial charge in [0, 0.05) is 17.6 Å². The summed E-state index contributed by atoms with van der Waals surface area (Å²) in [6, 6.07) is 17.8. The number of thiocarbonyl (C=S) groups is 1. The minimum Gasteiger partial charge on any atom is -0.337 e. The molecule has 2 aromatic carbocycles. The molecule has 1 N–H and O–H groups in total. The monoisotopic (exact) mass is 400 g/mol. The first kappa shape index (κ1) is 19.6. The van der Waals surface area contributed by atoms with Gasteiger partial charge in [0.1, 0.15) is 0 Å². The van der Waals surface area contributed by atoms with Crippen molar-refractivity contribution in [2.45, 2.75) is 32.4 Å². The van der Waals surface area contributed by atoms with Crippen LogP contribution in [0.1, 0.15) is 30.9 Å². The molecule has 0 bridgehead atoms. The molecule has 1 aliphatic rings. The highest BCUT2D eigenvalue weighted by Crippen LogP contribution is 2.21. The fraction of sp³-hybridized carbons (Fsp3) is 0.286. The maximum Gasteiger partial charge on any atom is 0.174 e. The van der Waals surface area contributed by atoms with Crippen molar-refractivity contribution in [1.29, 1.82) is 0 Å². The average molecular weight is 401 g/mol. The first-order valence-electron chi connectivity index (χ1n) is 8.96. The van der Waals surface area contributed by atoms with Crippen molar-refractivity contribution in [2.75, 3.05) is 11.1 Å². The molecule has 0 aliphatic carbocycles. The van der Waals surface area contributed by atoms with Crippen molar-refractivity contribution < 1.29 is 8.42 Å². The van der Waals surface area contributed by atoms with E-state index in [1.165, 1.54) is 11.0 Å². The van der Waals surface area contributed by atoms with Gasteiger partial charge in [0.2, 0.25) is 0 Å². The second-order valence-electron chi connectivity index (χ2n) is 7.05. The highest BCUT2D eigenvalue weighted by molar-refractivity contribution is 7.94. The van der Waals surface area contributed by atoms with E-state index in [0.717, 1.165) is 11.3 Å². The second kappa shape index (κ2) is 8.23. The Labute approximate surface area is 166 Å². The summed E-state index contributed by atoms with van der Waals surface area (Å²) in [6.07, 6.45) is 1.72. The fourth-order valence-corrected chi connectivity index (χ4v) is 4.64. The summed E-state index contributed by atoms with van der Waals surface area (Å²) in [6.45, 7) is 4.85. The summed E-state index contributed by atoms with van der Waals surface area (Å²) in [5.41, 5.74) is 3.24. The SMILES string of the molecule is CC(C)c1ccc(NC(=S)N(Cc2ccccc2)[C@H]2C=CS(=O)(=O)C2)cc1. The number of benzene rings is 2. The summed E-state index contributed by atoms with van der Waals surface area (Å²) in [4.78, 5) is 1.93. The highest BCUT2D eigenvalue weighted by Gasteiger charge is 2.28. The molecule has 0 saturated heterocycles. The number of nitrogens with one attached hydrogen (secondary N) is 1. The summed E-state index contributed by atoms with van der Waals surface area (Å²) in [7, 11) is -3.16. The molecule has 0 aromatic heterocycles. The number of hydrogen-bond acceptors (Lipinski definition) is 3.